The minimum absolute atomic E-state index is 0.196. The summed E-state index contributed by atoms with van der Waals surface area (Å²) >= 11 is 0. The molecule has 6 heteroatoms. The number of rotatable bonds is 4. The number of nitrogens with zero attached hydrogens (tertiary/aromatic N) is 4. The number of para-hydroxylation sites is 2. The lowest BCUT2D eigenvalue weighted by molar-refractivity contribution is 0.415. The summed E-state index contributed by atoms with van der Waals surface area (Å²) in [6, 6.07) is 28.7. The number of ether oxygens (including phenoxy) is 1. The molecule has 3 aromatic carbocycles. The fourth-order valence-electron chi connectivity index (χ4n) is 4.44. The van der Waals surface area contributed by atoms with Crippen LogP contribution in [0.25, 0.3) is 28.2 Å². The number of anilines is 1. The summed E-state index contributed by atoms with van der Waals surface area (Å²) < 4.78 is 9.37. The summed E-state index contributed by atoms with van der Waals surface area (Å²) in [5, 5.41) is 13.6. The minimum atomic E-state index is -0.196. The summed E-state index contributed by atoms with van der Waals surface area (Å²) in [4.78, 5) is 0. The van der Waals surface area contributed by atoms with Crippen LogP contribution < -0.4 is 10.1 Å². The first-order chi connectivity index (χ1) is 16.2. The van der Waals surface area contributed by atoms with Crippen molar-refractivity contribution >= 4 is 5.69 Å². The van der Waals surface area contributed by atoms with Gasteiger partial charge in [0.15, 0.2) is 6.17 Å². The lowest BCUT2D eigenvalue weighted by Gasteiger charge is -2.29. The Balaban J connectivity index is 1.55. The Bertz CT molecular complexity index is 1430. The highest BCUT2D eigenvalue weighted by Gasteiger charge is 2.30. The lowest BCUT2D eigenvalue weighted by Crippen LogP contribution is -2.25. The van der Waals surface area contributed by atoms with Gasteiger partial charge in [-0.05, 0) is 55.5 Å². The number of hydrogen-bond acceptors (Lipinski definition) is 4. The van der Waals surface area contributed by atoms with E-state index in [-0.39, 0.29) is 6.17 Å². The SMILES string of the molecule is COc1ccc(-c2nn(-c3ccccc3)cc2C2Nc3ccccc3-c3cc(C)nn32)cc1. The van der Waals surface area contributed by atoms with Crippen molar-refractivity contribution < 1.29 is 4.74 Å². The molecular weight excluding hydrogens is 410 g/mol. The van der Waals surface area contributed by atoms with Crippen LogP contribution in [0.3, 0.4) is 0 Å². The fraction of sp³-hybridized carbons (Fsp3) is 0.111. The highest BCUT2D eigenvalue weighted by atomic mass is 16.5. The Morgan fingerprint density at radius 1 is 0.879 bits per heavy atom. The Hall–Kier alpha value is -4.32. The molecule has 5 aromatic rings. The molecule has 6 rings (SSSR count). The zero-order valence-electron chi connectivity index (χ0n) is 18.4. The summed E-state index contributed by atoms with van der Waals surface area (Å²) in [5.74, 6) is 0.817. The highest BCUT2D eigenvalue weighted by molar-refractivity contribution is 5.79. The van der Waals surface area contributed by atoms with Gasteiger partial charge in [0.25, 0.3) is 0 Å². The molecule has 0 saturated heterocycles. The minimum Gasteiger partial charge on any atom is -0.497 e. The third kappa shape index (κ3) is 3.27. The Labute approximate surface area is 192 Å². The van der Waals surface area contributed by atoms with Gasteiger partial charge in [-0.25, -0.2) is 9.36 Å². The molecule has 1 N–H and O–H groups in total. The van der Waals surface area contributed by atoms with Gasteiger partial charge in [0, 0.05) is 28.6 Å². The fourth-order valence-corrected chi connectivity index (χ4v) is 4.44. The molecule has 1 unspecified atom stereocenters. The van der Waals surface area contributed by atoms with E-state index >= 15 is 0 Å². The van der Waals surface area contributed by atoms with Crippen molar-refractivity contribution in [2.24, 2.45) is 0 Å². The number of nitrogens with one attached hydrogen (secondary N) is 1. The lowest BCUT2D eigenvalue weighted by atomic mass is 10.0. The molecule has 0 spiro atoms. The number of hydrogen-bond donors (Lipinski definition) is 1. The van der Waals surface area contributed by atoms with Crippen LogP contribution in [0, 0.1) is 6.92 Å². The maximum absolute atomic E-state index is 5.36. The van der Waals surface area contributed by atoms with E-state index < -0.39 is 0 Å². The van der Waals surface area contributed by atoms with E-state index in [0.29, 0.717) is 0 Å². The quantitative estimate of drug-likeness (QED) is 0.395. The van der Waals surface area contributed by atoms with Crippen molar-refractivity contribution in [3.05, 3.63) is 102 Å². The summed E-state index contributed by atoms with van der Waals surface area (Å²) in [7, 11) is 1.68. The van der Waals surface area contributed by atoms with Crippen LogP contribution in [-0.2, 0) is 0 Å². The van der Waals surface area contributed by atoms with Gasteiger partial charge in [0.05, 0.1) is 29.9 Å². The molecule has 0 radical (unpaired) electrons. The molecule has 0 fully saturated rings. The van der Waals surface area contributed by atoms with Crippen LogP contribution >= 0.6 is 0 Å². The molecule has 33 heavy (non-hydrogen) atoms. The van der Waals surface area contributed by atoms with Gasteiger partial charge in [-0.3, -0.25) is 0 Å². The molecule has 0 aliphatic carbocycles. The molecular formula is C27H23N5O. The maximum atomic E-state index is 5.36. The van der Waals surface area contributed by atoms with Gasteiger partial charge in [-0.1, -0.05) is 36.4 Å². The Morgan fingerprint density at radius 3 is 2.42 bits per heavy atom. The molecule has 0 amide bonds. The first-order valence-electron chi connectivity index (χ1n) is 10.9. The number of aryl methyl sites for hydroxylation is 1. The summed E-state index contributed by atoms with van der Waals surface area (Å²) in [6.07, 6.45) is 1.90. The standard InChI is InChI=1S/C27H23N5O/c1-18-16-25-22-10-6-7-11-24(22)28-27(32(25)29-18)23-17-31(20-8-4-3-5-9-20)30-26(23)19-12-14-21(33-2)15-13-19/h3-17,27-28H,1-2H3. The normalized spacial score (nSPS) is 14.3. The number of benzene rings is 3. The number of fused-ring (bicyclic) bond motifs is 3. The van der Waals surface area contributed by atoms with Crippen molar-refractivity contribution in [1.29, 1.82) is 0 Å². The molecule has 6 nitrogen and oxygen atoms in total. The van der Waals surface area contributed by atoms with Gasteiger partial charge in [0.2, 0.25) is 0 Å². The van der Waals surface area contributed by atoms with E-state index in [4.69, 9.17) is 14.9 Å². The molecule has 162 valence electrons. The molecule has 1 aliphatic heterocycles. The second kappa shape index (κ2) is 7.67. The third-order valence-corrected chi connectivity index (χ3v) is 6.02. The van der Waals surface area contributed by atoms with Crippen molar-refractivity contribution in [2.45, 2.75) is 13.1 Å². The number of aromatic nitrogens is 4. The molecule has 1 atom stereocenters. The Morgan fingerprint density at radius 2 is 1.64 bits per heavy atom. The highest BCUT2D eigenvalue weighted by Crippen LogP contribution is 2.41. The molecule has 3 heterocycles. The monoisotopic (exact) mass is 433 g/mol. The van der Waals surface area contributed by atoms with E-state index in [2.05, 4.69) is 58.7 Å². The van der Waals surface area contributed by atoms with Crippen molar-refractivity contribution in [2.75, 3.05) is 12.4 Å². The Kier molecular flexibility index (Phi) is 4.50. The largest absolute Gasteiger partial charge is 0.497 e. The van der Waals surface area contributed by atoms with Gasteiger partial charge in [-0.15, -0.1) is 0 Å². The topological polar surface area (TPSA) is 56.9 Å². The zero-order chi connectivity index (χ0) is 22.4. The number of methoxy groups -OCH3 is 1. The van der Waals surface area contributed by atoms with Crippen LogP contribution in [-0.4, -0.2) is 26.7 Å². The predicted molar refractivity (Wildman–Crippen MR) is 130 cm³/mol. The van der Waals surface area contributed by atoms with Crippen LogP contribution in [0.15, 0.2) is 91.1 Å². The van der Waals surface area contributed by atoms with E-state index in [1.165, 1.54) is 0 Å². The van der Waals surface area contributed by atoms with Gasteiger partial charge in [-0.2, -0.15) is 10.2 Å². The molecule has 1 aliphatic rings. The second-order valence-corrected chi connectivity index (χ2v) is 8.15. The third-order valence-electron chi connectivity index (χ3n) is 6.02. The molecule has 0 bridgehead atoms. The van der Waals surface area contributed by atoms with Crippen molar-refractivity contribution in [3.63, 3.8) is 0 Å². The van der Waals surface area contributed by atoms with Crippen LogP contribution in [0.1, 0.15) is 17.4 Å². The zero-order valence-corrected chi connectivity index (χ0v) is 18.4. The van der Waals surface area contributed by atoms with Crippen molar-refractivity contribution in [3.8, 4) is 34.0 Å². The van der Waals surface area contributed by atoms with E-state index in [0.717, 1.165) is 50.9 Å². The van der Waals surface area contributed by atoms with Gasteiger partial charge >= 0.3 is 0 Å². The van der Waals surface area contributed by atoms with Gasteiger partial charge < -0.3 is 10.1 Å². The summed E-state index contributed by atoms with van der Waals surface area (Å²) in [6.45, 7) is 2.03. The smallest absolute Gasteiger partial charge is 0.151 e. The van der Waals surface area contributed by atoms with Crippen LogP contribution in [0.2, 0.25) is 0 Å². The van der Waals surface area contributed by atoms with Crippen LogP contribution in [0.5, 0.6) is 5.75 Å². The second-order valence-electron chi connectivity index (χ2n) is 8.15. The molecule has 2 aromatic heterocycles. The summed E-state index contributed by atoms with van der Waals surface area (Å²) in [5.41, 5.74) is 8.28. The first-order valence-corrected chi connectivity index (χ1v) is 10.9. The average molecular weight is 434 g/mol. The first kappa shape index (κ1) is 19.4. The maximum Gasteiger partial charge on any atom is 0.151 e. The van der Waals surface area contributed by atoms with E-state index in [1.54, 1.807) is 7.11 Å². The van der Waals surface area contributed by atoms with E-state index in [1.807, 2.05) is 54.1 Å². The van der Waals surface area contributed by atoms with Crippen molar-refractivity contribution in [1.82, 2.24) is 19.6 Å². The van der Waals surface area contributed by atoms with Gasteiger partial charge in [0.1, 0.15) is 5.75 Å². The average Bonchev–Trinajstić information content (AvgIpc) is 3.48. The molecule has 0 saturated carbocycles. The predicted octanol–water partition coefficient (Wildman–Crippen LogP) is 5.69. The van der Waals surface area contributed by atoms with Crippen LogP contribution in [0.4, 0.5) is 5.69 Å². The van der Waals surface area contributed by atoms with E-state index in [9.17, 15) is 0 Å².